The van der Waals surface area contributed by atoms with Gasteiger partial charge < -0.3 is 19.9 Å². The van der Waals surface area contributed by atoms with E-state index in [1.54, 1.807) is 13.8 Å². The molecule has 0 aromatic carbocycles. The molecule has 38 heavy (non-hydrogen) atoms. The summed E-state index contributed by atoms with van der Waals surface area (Å²) in [6.45, 7) is 2.58. The van der Waals surface area contributed by atoms with Crippen LogP contribution in [-0.4, -0.2) is 70.9 Å². The molecule has 0 aromatic heterocycles. The molecule has 0 radical (unpaired) electrons. The number of carbonyl (C=O) groups excluding carboxylic acids is 2. The van der Waals surface area contributed by atoms with E-state index < -0.39 is 83.5 Å². The lowest BCUT2D eigenvalue weighted by atomic mass is 9.79. The third-order valence-electron chi connectivity index (χ3n) is 5.80. The zero-order chi connectivity index (χ0) is 30.3. The van der Waals surface area contributed by atoms with Gasteiger partial charge in [-0.05, 0) is 39.0 Å². The average molecular weight is 689 g/mol. The van der Waals surface area contributed by atoms with Crippen LogP contribution in [0.5, 0.6) is 0 Å². The molecule has 0 spiro atoms. The Bertz CT molecular complexity index is 772. The molecule has 0 aliphatic heterocycles. The molecule has 0 saturated carbocycles. The molecule has 0 fully saturated rings. The number of hydrogen-bond donors (Lipinski definition) is 2. The van der Waals surface area contributed by atoms with E-state index in [0.717, 1.165) is 0 Å². The van der Waals surface area contributed by atoms with Gasteiger partial charge in [-0.1, -0.05) is 43.4 Å². The molecule has 0 bridgehead atoms. The summed E-state index contributed by atoms with van der Waals surface area (Å²) in [6.07, 6.45) is -18.1. The van der Waals surface area contributed by atoms with Gasteiger partial charge in [-0.15, -0.1) is 0 Å². The fraction of sp³-hybridized carbons (Fsp3) is 0.909. The number of halogens is 10. The van der Waals surface area contributed by atoms with Crippen LogP contribution in [0.15, 0.2) is 0 Å². The molecule has 5 atom stereocenters. The molecule has 5 unspecified atom stereocenters. The lowest BCUT2D eigenvalue weighted by Crippen LogP contribution is -2.55. The summed E-state index contributed by atoms with van der Waals surface area (Å²) >= 11 is 1.27. The van der Waals surface area contributed by atoms with Gasteiger partial charge in [0.25, 0.3) is 0 Å². The van der Waals surface area contributed by atoms with Crippen LogP contribution < -0.4 is 5.32 Å². The predicted octanol–water partition coefficient (Wildman–Crippen LogP) is 5.74. The van der Waals surface area contributed by atoms with Crippen molar-refractivity contribution in [3.05, 3.63) is 0 Å². The van der Waals surface area contributed by atoms with Crippen LogP contribution in [0.1, 0.15) is 53.9 Å². The average Bonchev–Trinajstić information content (AvgIpc) is 2.72. The highest BCUT2D eigenvalue weighted by Gasteiger charge is 2.60. The second kappa shape index (κ2) is 14.0. The van der Waals surface area contributed by atoms with Gasteiger partial charge in [0.05, 0.1) is 16.4 Å². The summed E-state index contributed by atoms with van der Waals surface area (Å²) in [5, 5.41) is 11.9. The van der Waals surface area contributed by atoms with E-state index >= 15 is 0 Å². The van der Waals surface area contributed by atoms with Crippen molar-refractivity contribution in [2.75, 3.05) is 19.7 Å². The Morgan fingerprint density at radius 3 is 1.89 bits per heavy atom. The van der Waals surface area contributed by atoms with Crippen molar-refractivity contribution in [2.24, 2.45) is 17.3 Å². The van der Waals surface area contributed by atoms with Crippen molar-refractivity contribution in [1.82, 2.24) is 5.32 Å². The Morgan fingerprint density at radius 1 is 0.974 bits per heavy atom. The summed E-state index contributed by atoms with van der Waals surface area (Å²) < 4.78 is 126. The second-order valence-corrected chi connectivity index (χ2v) is 11.1. The lowest BCUT2D eigenvalue weighted by Gasteiger charge is -2.37. The number of esters is 2. The van der Waals surface area contributed by atoms with Gasteiger partial charge >= 0.3 is 30.5 Å². The van der Waals surface area contributed by atoms with Crippen molar-refractivity contribution in [2.45, 2.75) is 88.0 Å². The normalized spacial score (nSPS) is 18.8. The van der Waals surface area contributed by atoms with Crippen molar-refractivity contribution in [1.29, 1.82) is 0 Å². The minimum absolute atomic E-state index is 0.147. The van der Waals surface area contributed by atoms with Gasteiger partial charge in [0, 0.05) is 6.54 Å². The van der Waals surface area contributed by atoms with Gasteiger partial charge in [0.15, 0.2) is 11.0 Å². The number of aliphatic hydroxyl groups is 1. The number of hydrogen-bond acceptors (Lipinski definition) is 6. The summed E-state index contributed by atoms with van der Waals surface area (Å²) in [4.78, 5) is 25.2. The Kier molecular flexibility index (Phi) is 13.7. The fourth-order valence-corrected chi connectivity index (χ4v) is 4.06. The van der Waals surface area contributed by atoms with E-state index in [1.165, 1.54) is 29.5 Å². The maximum absolute atomic E-state index is 13.9. The quantitative estimate of drug-likeness (QED) is 0.0797. The number of alkyl halides is 10. The third kappa shape index (κ3) is 10.8. The molecule has 0 heterocycles. The van der Waals surface area contributed by atoms with E-state index in [9.17, 15) is 54.2 Å². The van der Waals surface area contributed by atoms with Crippen LogP contribution in [0.4, 0.5) is 39.5 Å². The van der Waals surface area contributed by atoms with Gasteiger partial charge in [0.2, 0.25) is 0 Å². The Balaban J connectivity index is 5.73. The Hall–Kier alpha value is -1.04. The van der Waals surface area contributed by atoms with Gasteiger partial charge in [-0.3, -0.25) is 9.59 Å². The molecule has 0 rings (SSSR count). The molecule has 0 amide bonds. The SMILES string of the molecule is CCC(CC(C)(C(=O)OCCNCC(F)(F)F)C(F)(F)F)C(=O)OC(CC(C)C)C(I)C(C)(O)C(F)(F)F. The predicted molar refractivity (Wildman–Crippen MR) is 126 cm³/mol. The molecule has 0 aromatic rings. The minimum atomic E-state index is -5.25. The molecule has 0 aliphatic rings. The van der Waals surface area contributed by atoms with Gasteiger partial charge in [-0.2, -0.15) is 39.5 Å². The first-order valence-electron chi connectivity index (χ1n) is 11.6. The molecular formula is C22H33F9INO5. The first-order chi connectivity index (χ1) is 16.9. The monoisotopic (exact) mass is 689 g/mol. The van der Waals surface area contributed by atoms with E-state index in [0.29, 0.717) is 13.8 Å². The number of carbonyl (C=O) groups is 2. The highest BCUT2D eigenvalue weighted by atomic mass is 127. The molecule has 16 heteroatoms. The standard InChI is InChI=1S/C22H33F9INO5/c1-6-13(16(34)38-14(9-12(2)3)15(32)19(5,36)22(29,30)31)10-18(4,21(26,27)28)17(35)37-8-7-33-11-20(23,24)25/h12-15,33,36H,6-11H2,1-5H3. The van der Waals surface area contributed by atoms with Crippen LogP contribution in [0, 0.1) is 17.3 Å². The van der Waals surface area contributed by atoms with Gasteiger partial charge in [0.1, 0.15) is 12.7 Å². The first kappa shape index (κ1) is 37.0. The van der Waals surface area contributed by atoms with Crippen molar-refractivity contribution < 1.29 is 63.7 Å². The zero-order valence-electron chi connectivity index (χ0n) is 21.4. The van der Waals surface area contributed by atoms with Crippen LogP contribution >= 0.6 is 22.6 Å². The number of rotatable bonds is 14. The topological polar surface area (TPSA) is 84.9 Å². The molecule has 6 nitrogen and oxygen atoms in total. The van der Waals surface area contributed by atoms with Crippen molar-refractivity contribution in [3.63, 3.8) is 0 Å². The smallest absolute Gasteiger partial charge is 0.418 e. The molecule has 2 N–H and O–H groups in total. The van der Waals surface area contributed by atoms with E-state index in [4.69, 9.17) is 4.74 Å². The highest BCUT2D eigenvalue weighted by molar-refractivity contribution is 14.1. The molecule has 0 saturated heterocycles. The van der Waals surface area contributed by atoms with Crippen molar-refractivity contribution >= 4 is 34.5 Å². The van der Waals surface area contributed by atoms with Crippen LogP contribution in [-0.2, 0) is 19.1 Å². The number of nitrogens with one attached hydrogen (secondary N) is 1. The van der Waals surface area contributed by atoms with Crippen LogP contribution in [0.2, 0.25) is 0 Å². The van der Waals surface area contributed by atoms with Crippen LogP contribution in [0.3, 0.4) is 0 Å². The van der Waals surface area contributed by atoms with Crippen molar-refractivity contribution in [3.8, 4) is 0 Å². The maximum atomic E-state index is 13.9. The Labute approximate surface area is 228 Å². The largest absolute Gasteiger partial charge is 0.464 e. The minimum Gasteiger partial charge on any atom is -0.464 e. The first-order valence-corrected chi connectivity index (χ1v) is 12.8. The van der Waals surface area contributed by atoms with E-state index in [-0.39, 0.29) is 18.8 Å². The van der Waals surface area contributed by atoms with Gasteiger partial charge in [-0.25, -0.2) is 0 Å². The fourth-order valence-electron chi connectivity index (χ4n) is 3.26. The summed E-state index contributed by atoms with van der Waals surface area (Å²) in [5.41, 5.74) is -6.56. The summed E-state index contributed by atoms with van der Waals surface area (Å²) in [7, 11) is 0. The second-order valence-electron chi connectivity index (χ2n) is 9.72. The molecule has 226 valence electrons. The zero-order valence-corrected chi connectivity index (χ0v) is 23.6. The maximum Gasteiger partial charge on any atom is 0.418 e. The molecular weight excluding hydrogens is 656 g/mol. The summed E-state index contributed by atoms with van der Waals surface area (Å²) in [5.74, 6) is -5.06. The number of ether oxygens (including phenoxy) is 2. The third-order valence-corrected chi connectivity index (χ3v) is 7.82. The summed E-state index contributed by atoms with van der Waals surface area (Å²) in [6, 6.07) is 0. The molecule has 0 aliphatic carbocycles. The van der Waals surface area contributed by atoms with E-state index in [1.807, 2.05) is 5.32 Å². The van der Waals surface area contributed by atoms with E-state index in [2.05, 4.69) is 4.74 Å². The highest BCUT2D eigenvalue weighted by Crippen LogP contribution is 2.45. The van der Waals surface area contributed by atoms with Crippen LogP contribution in [0.25, 0.3) is 0 Å². The Morgan fingerprint density at radius 2 is 1.50 bits per heavy atom. The lowest BCUT2D eigenvalue weighted by molar-refractivity contribution is -0.257.